The normalized spacial score (nSPS) is 10.3. The van der Waals surface area contributed by atoms with E-state index in [0.717, 1.165) is 6.07 Å². The summed E-state index contributed by atoms with van der Waals surface area (Å²) in [6.45, 7) is 0.438. The molecular weight excluding hydrogens is 299 g/mol. The number of nitrogens with zero attached hydrogens (tertiary/aromatic N) is 1. The molecule has 104 valence electrons. The van der Waals surface area contributed by atoms with Crippen LogP contribution in [0, 0.1) is 10.1 Å². The number of rotatable bonds is 6. The third-order valence-electron chi connectivity index (χ3n) is 2.02. The number of carbonyl (C=O) groups excluding carboxylic acids is 1. The van der Waals surface area contributed by atoms with Crippen LogP contribution in [0.15, 0.2) is 12.1 Å². The van der Waals surface area contributed by atoms with Crippen molar-refractivity contribution in [2.75, 3.05) is 20.3 Å². The summed E-state index contributed by atoms with van der Waals surface area (Å²) in [6.07, 6.45) is 0. The number of benzene rings is 1. The molecule has 0 aliphatic heterocycles. The van der Waals surface area contributed by atoms with Crippen molar-refractivity contribution in [3.8, 4) is 0 Å². The van der Waals surface area contributed by atoms with Crippen molar-refractivity contribution < 1.29 is 19.3 Å². The smallest absolute Gasteiger partial charge is 0.290 e. The van der Waals surface area contributed by atoms with Crippen LogP contribution in [-0.2, 0) is 9.57 Å². The van der Waals surface area contributed by atoms with Crippen molar-refractivity contribution in [2.24, 2.45) is 0 Å². The van der Waals surface area contributed by atoms with Crippen LogP contribution in [0.25, 0.3) is 0 Å². The van der Waals surface area contributed by atoms with Crippen molar-refractivity contribution >= 4 is 34.8 Å². The van der Waals surface area contributed by atoms with E-state index in [-0.39, 0.29) is 22.2 Å². The van der Waals surface area contributed by atoms with Gasteiger partial charge in [0.05, 0.1) is 23.2 Å². The number of amides is 1. The van der Waals surface area contributed by atoms with E-state index in [1.165, 1.54) is 13.2 Å². The molecule has 1 rings (SSSR count). The zero-order valence-electron chi connectivity index (χ0n) is 9.81. The van der Waals surface area contributed by atoms with Crippen LogP contribution in [0.1, 0.15) is 10.4 Å². The quantitative estimate of drug-likeness (QED) is 0.494. The number of carbonyl (C=O) groups is 1. The maximum Gasteiger partial charge on any atom is 0.290 e. The molecule has 0 spiro atoms. The highest BCUT2D eigenvalue weighted by Crippen LogP contribution is 2.32. The van der Waals surface area contributed by atoms with E-state index in [9.17, 15) is 14.9 Å². The van der Waals surface area contributed by atoms with Gasteiger partial charge < -0.3 is 4.74 Å². The molecule has 0 aliphatic rings. The van der Waals surface area contributed by atoms with E-state index in [4.69, 9.17) is 32.8 Å². The number of methoxy groups -OCH3 is 1. The number of hydrogen-bond acceptors (Lipinski definition) is 5. The van der Waals surface area contributed by atoms with Gasteiger partial charge in [0.2, 0.25) is 0 Å². The fraction of sp³-hybridized carbons (Fsp3) is 0.300. The summed E-state index contributed by atoms with van der Waals surface area (Å²) in [6, 6.07) is 2.23. The standard InChI is InChI=1S/C10H10Cl2N2O5/c1-18-2-3-19-13-10(15)6-4-7(11)9(12)8(5-6)14(16)17/h4-5H,2-3H2,1H3,(H,13,15). The minimum Gasteiger partial charge on any atom is -0.382 e. The number of halogens is 2. The van der Waals surface area contributed by atoms with Gasteiger partial charge in [-0.1, -0.05) is 23.2 Å². The molecule has 9 heteroatoms. The van der Waals surface area contributed by atoms with Crippen molar-refractivity contribution in [2.45, 2.75) is 0 Å². The van der Waals surface area contributed by atoms with Gasteiger partial charge in [0.1, 0.15) is 5.02 Å². The van der Waals surface area contributed by atoms with Crippen LogP contribution in [0.4, 0.5) is 5.69 Å². The number of nitrogens with one attached hydrogen (secondary N) is 1. The Morgan fingerprint density at radius 2 is 2.11 bits per heavy atom. The van der Waals surface area contributed by atoms with E-state index in [1.54, 1.807) is 0 Å². The molecule has 0 aromatic heterocycles. The Hall–Kier alpha value is -1.41. The monoisotopic (exact) mass is 308 g/mol. The van der Waals surface area contributed by atoms with Crippen molar-refractivity contribution in [3.63, 3.8) is 0 Å². The lowest BCUT2D eigenvalue weighted by molar-refractivity contribution is -0.384. The van der Waals surface area contributed by atoms with Crippen LogP contribution >= 0.6 is 23.2 Å². The third kappa shape index (κ3) is 4.32. The molecule has 1 aromatic rings. The van der Waals surface area contributed by atoms with Gasteiger partial charge in [-0.25, -0.2) is 5.48 Å². The summed E-state index contributed by atoms with van der Waals surface area (Å²) in [5.41, 5.74) is 1.63. The summed E-state index contributed by atoms with van der Waals surface area (Å²) in [4.78, 5) is 26.4. The first kappa shape index (κ1) is 15.6. The Labute approximate surface area is 118 Å². The maximum absolute atomic E-state index is 11.6. The molecule has 0 unspecified atom stereocenters. The summed E-state index contributed by atoms with van der Waals surface area (Å²) < 4.78 is 4.71. The second kappa shape index (κ2) is 7.25. The van der Waals surface area contributed by atoms with Gasteiger partial charge in [-0.3, -0.25) is 19.7 Å². The van der Waals surface area contributed by atoms with Gasteiger partial charge in [0.15, 0.2) is 0 Å². The number of nitro benzene ring substituents is 1. The Morgan fingerprint density at radius 1 is 1.42 bits per heavy atom. The van der Waals surface area contributed by atoms with Gasteiger partial charge in [0, 0.05) is 18.7 Å². The third-order valence-corrected chi connectivity index (χ3v) is 2.81. The Balaban J connectivity index is 2.83. The molecule has 0 fully saturated rings. The second-order valence-electron chi connectivity index (χ2n) is 3.32. The molecule has 0 heterocycles. The molecule has 1 amide bonds. The summed E-state index contributed by atoms with van der Waals surface area (Å²) >= 11 is 11.4. The maximum atomic E-state index is 11.6. The van der Waals surface area contributed by atoms with E-state index in [2.05, 4.69) is 5.48 Å². The Bertz CT molecular complexity index is 495. The molecule has 19 heavy (non-hydrogen) atoms. The molecule has 0 saturated heterocycles. The number of hydrogen-bond donors (Lipinski definition) is 1. The Morgan fingerprint density at radius 3 is 2.68 bits per heavy atom. The lowest BCUT2D eigenvalue weighted by Crippen LogP contribution is -2.25. The first-order valence-electron chi connectivity index (χ1n) is 5.02. The zero-order valence-corrected chi connectivity index (χ0v) is 11.3. The van der Waals surface area contributed by atoms with E-state index >= 15 is 0 Å². The number of nitro groups is 1. The average Bonchev–Trinajstić information content (AvgIpc) is 2.37. The predicted molar refractivity (Wildman–Crippen MR) is 68.4 cm³/mol. The van der Waals surface area contributed by atoms with Crippen LogP contribution in [-0.4, -0.2) is 31.2 Å². The topological polar surface area (TPSA) is 90.7 Å². The predicted octanol–water partition coefficient (Wildman–Crippen LogP) is 2.21. The van der Waals surface area contributed by atoms with E-state index < -0.39 is 16.5 Å². The molecule has 1 aromatic carbocycles. The van der Waals surface area contributed by atoms with Gasteiger partial charge in [-0.2, -0.15) is 0 Å². The van der Waals surface area contributed by atoms with E-state index in [1.807, 2.05) is 0 Å². The van der Waals surface area contributed by atoms with Gasteiger partial charge in [0.25, 0.3) is 11.6 Å². The largest absolute Gasteiger partial charge is 0.382 e. The molecule has 0 radical (unpaired) electrons. The highest BCUT2D eigenvalue weighted by molar-refractivity contribution is 6.43. The molecular formula is C10H10Cl2N2O5. The number of ether oxygens (including phenoxy) is 1. The highest BCUT2D eigenvalue weighted by Gasteiger charge is 2.20. The van der Waals surface area contributed by atoms with E-state index in [0.29, 0.717) is 6.61 Å². The second-order valence-corrected chi connectivity index (χ2v) is 4.11. The van der Waals surface area contributed by atoms with Crippen molar-refractivity contribution in [1.29, 1.82) is 0 Å². The van der Waals surface area contributed by atoms with Gasteiger partial charge in [-0.05, 0) is 6.07 Å². The fourth-order valence-electron chi connectivity index (χ4n) is 1.14. The minimum atomic E-state index is -0.725. The first-order valence-corrected chi connectivity index (χ1v) is 5.77. The fourth-order valence-corrected chi connectivity index (χ4v) is 1.53. The van der Waals surface area contributed by atoms with Gasteiger partial charge in [-0.15, -0.1) is 0 Å². The lowest BCUT2D eigenvalue weighted by atomic mass is 10.2. The van der Waals surface area contributed by atoms with Gasteiger partial charge >= 0.3 is 0 Å². The molecule has 1 N–H and O–H groups in total. The highest BCUT2D eigenvalue weighted by atomic mass is 35.5. The zero-order chi connectivity index (χ0) is 14.4. The molecule has 0 saturated carbocycles. The molecule has 0 atom stereocenters. The first-order chi connectivity index (χ1) is 8.97. The van der Waals surface area contributed by atoms with Crippen LogP contribution < -0.4 is 5.48 Å². The van der Waals surface area contributed by atoms with Crippen molar-refractivity contribution in [3.05, 3.63) is 37.9 Å². The van der Waals surface area contributed by atoms with Crippen molar-refractivity contribution in [1.82, 2.24) is 5.48 Å². The SMILES string of the molecule is COCCONC(=O)c1cc(Cl)c(Cl)c([N+](=O)[O-])c1. The van der Waals surface area contributed by atoms with Crippen LogP contribution in [0.5, 0.6) is 0 Å². The lowest BCUT2D eigenvalue weighted by Gasteiger charge is -2.06. The molecule has 0 bridgehead atoms. The van der Waals surface area contributed by atoms with Crippen LogP contribution in [0.3, 0.4) is 0 Å². The molecule has 7 nitrogen and oxygen atoms in total. The summed E-state index contributed by atoms with van der Waals surface area (Å²) in [7, 11) is 1.48. The molecule has 0 aliphatic carbocycles. The summed E-state index contributed by atoms with van der Waals surface area (Å²) in [5.74, 6) is -0.669. The minimum absolute atomic E-state index is 0.0292. The summed E-state index contributed by atoms with van der Waals surface area (Å²) in [5, 5.41) is 10.4. The Kier molecular flexibility index (Phi) is 5.97. The number of hydroxylamine groups is 1. The average molecular weight is 309 g/mol. The van der Waals surface area contributed by atoms with Crippen LogP contribution in [0.2, 0.25) is 10.0 Å².